The molecule has 4 heteroatoms. The fourth-order valence-electron chi connectivity index (χ4n) is 2.18. The van der Waals surface area contributed by atoms with E-state index in [0.29, 0.717) is 11.1 Å². The van der Waals surface area contributed by atoms with Crippen molar-refractivity contribution in [2.24, 2.45) is 0 Å². The van der Waals surface area contributed by atoms with Crippen LogP contribution in [0.5, 0.6) is 0 Å². The lowest BCUT2D eigenvalue weighted by atomic mass is 9.82. The average Bonchev–Trinajstić information content (AvgIpc) is 2.65. The van der Waals surface area contributed by atoms with Gasteiger partial charge in [0.2, 0.25) is 0 Å². The van der Waals surface area contributed by atoms with Crippen LogP contribution in [-0.2, 0) is 0 Å². The van der Waals surface area contributed by atoms with E-state index in [1.807, 2.05) is 13.0 Å². The lowest BCUT2D eigenvalue weighted by Crippen LogP contribution is -2.50. The van der Waals surface area contributed by atoms with Gasteiger partial charge in [0.1, 0.15) is 5.76 Å². The van der Waals surface area contributed by atoms with Gasteiger partial charge in [0, 0.05) is 11.5 Å². The summed E-state index contributed by atoms with van der Waals surface area (Å²) >= 11 is 5.75. The summed E-state index contributed by atoms with van der Waals surface area (Å²) in [6.07, 6.45) is 1.91. The highest BCUT2D eigenvalue weighted by atomic mass is 35.5. The molecule has 0 aromatic carbocycles. The number of hydrogen-bond acceptors (Lipinski definition) is 3. The van der Waals surface area contributed by atoms with Gasteiger partial charge in [-0.2, -0.15) is 0 Å². The van der Waals surface area contributed by atoms with Crippen LogP contribution in [0.3, 0.4) is 0 Å². The van der Waals surface area contributed by atoms with Gasteiger partial charge >= 0.3 is 0 Å². The van der Waals surface area contributed by atoms with Crippen LogP contribution in [0.15, 0.2) is 16.5 Å². The molecule has 0 bridgehead atoms. The summed E-state index contributed by atoms with van der Waals surface area (Å²) in [5.41, 5.74) is -0.192. The molecule has 0 saturated carbocycles. The third-order valence-corrected chi connectivity index (χ3v) is 3.29. The van der Waals surface area contributed by atoms with E-state index in [4.69, 9.17) is 16.0 Å². The van der Waals surface area contributed by atoms with Crippen LogP contribution in [0.4, 0.5) is 0 Å². The average molecular weight is 230 g/mol. The second kappa shape index (κ2) is 4.16. The number of nitrogens with one attached hydrogen (secondary N) is 1. The molecule has 15 heavy (non-hydrogen) atoms. The molecular weight excluding hydrogens is 214 g/mol. The zero-order chi connectivity index (χ0) is 10.9. The number of rotatable bonds is 2. The van der Waals surface area contributed by atoms with E-state index in [0.717, 1.165) is 25.1 Å². The van der Waals surface area contributed by atoms with Crippen molar-refractivity contribution < 1.29 is 9.52 Å². The Kier molecular flexibility index (Phi) is 3.05. The van der Waals surface area contributed by atoms with Crippen molar-refractivity contribution in [2.75, 3.05) is 13.2 Å². The zero-order valence-electron chi connectivity index (χ0n) is 8.79. The van der Waals surface area contributed by atoms with Crippen molar-refractivity contribution in [2.45, 2.75) is 31.2 Å². The highest BCUT2D eigenvalue weighted by molar-refractivity contribution is 6.28. The molecule has 2 atom stereocenters. The van der Waals surface area contributed by atoms with Gasteiger partial charge in [-0.1, -0.05) is 0 Å². The van der Waals surface area contributed by atoms with E-state index in [1.165, 1.54) is 0 Å². The molecule has 2 rings (SSSR count). The predicted molar refractivity (Wildman–Crippen MR) is 59.2 cm³/mol. The van der Waals surface area contributed by atoms with E-state index in [-0.39, 0.29) is 12.1 Å². The molecule has 1 aliphatic heterocycles. The van der Waals surface area contributed by atoms with Gasteiger partial charge in [0.25, 0.3) is 0 Å². The van der Waals surface area contributed by atoms with Crippen molar-refractivity contribution in [1.82, 2.24) is 5.32 Å². The van der Waals surface area contributed by atoms with Crippen LogP contribution in [-0.4, -0.2) is 23.8 Å². The van der Waals surface area contributed by atoms with Gasteiger partial charge < -0.3 is 14.8 Å². The molecular formula is C11H16ClNO2. The molecule has 1 saturated heterocycles. The Morgan fingerprint density at radius 3 is 3.07 bits per heavy atom. The topological polar surface area (TPSA) is 45.4 Å². The Labute approximate surface area is 94.4 Å². The summed E-state index contributed by atoms with van der Waals surface area (Å²) < 4.78 is 5.42. The Bertz CT molecular complexity index is 339. The quantitative estimate of drug-likeness (QED) is 0.817. The summed E-state index contributed by atoms with van der Waals surface area (Å²) in [6, 6.07) is 3.70. The van der Waals surface area contributed by atoms with Gasteiger partial charge in [-0.15, -0.1) is 0 Å². The molecule has 1 aromatic rings. The first-order valence-electron chi connectivity index (χ1n) is 5.24. The monoisotopic (exact) mass is 229 g/mol. The first-order chi connectivity index (χ1) is 7.13. The second-order valence-corrected chi connectivity index (χ2v) is 4.85. The van der Waals surface area contributed by atoms with Crippen molar-refractivity contribution >= 4 is 11.6 Å². The third kappa shape index (κ3) is 2.36. The predicted octanol–water partition coefficient (Wildman–Crippen LogP) is 2.15. The van der Waals surface area contributed by atoms with Gasteiger partial charge in [0.05, 0.1) is 6.61 Å². The maximum absolute atomic E-state index is 9.30. The fraction of sp³-hybridized carbons (Fsp3) is 0.636. The van der Waals surface area contributed by atoms with Gasteiger partial charge in [0.15, 0.2) is 5.22 Å². The number of aliphatic hydroxyl groups excluding tert-OH is 1. The Morgan fingerprint density at radius 2 is 2.47 bits per heavy atom. The SMILES string of the molecule is CC1(CO)CC(c2ccc(Cl)o2)CCN1. The van der Waals surface area contributed by atoms with Crippen molar-refractivity contribution in [1.29, 1.82) is 0 Å². The molecule has 0 radical (unpaired) electrons. The summed E-state index contributed by atoms with van der Waals surface area (Å²) in [4.78, 5) is 0. The molecule has 0 spiro atoms. The van der Waals surface area contributed by atoms with Crippen LogP contribution in [0, 0.1) is 0 Å². The first-order valence-corrected chi connectivity index (χ1v) is 5.62. The molecule has 0 amide bonds. The number of furan rings is 1. The van der Waals surface area contributed by atoms with Crippen LogP contribution >= 0.6 is 11.6 Å². The third-order valence-electron chi connectivity index (χ3n) is 3.09. The standard InChI is InChI=1S/C11H16ClNO2/c1-11(7-14)6-8(4-5-13-11)9-2-3-10(12)15-9/h2-3,8,13-14H,4-7H2,1H3. The molecule has 1 fully saturated rings. The smallest absolute Gasteiger partial charge is 0.193 e. The van der Waals surface area contributed by atoms with Crippen molar-refractivity contribution in [3.05, 3.63) is 23.1 Å². The van der Waals surface area contributed by atoms with E-state index < -0.39 is 0 Å². The van der Waals surface area contributed by atoms with Gasteiger partial charge in [-0.25, -0.2) is 0 Å². The lowest BCUT2D eigenvalue weighted by molar-refractivity contribution is 0.132. The van der Waals surface area contributed by atoms with Gasteiger partial charge in [-0.05, 0) is 50.0 Å². The molecule has 1 aromatic heterocycles. The molecule has 3 nitrogen and oxygen atoms in total. The summed E-state index contributed by atoms with van der Waals surface area (Å²) in [7, 11) is 0. The molecule has 1 aliphatic rings. The highest BCUT2D eigenvalue weighted by Gasteiger charge is 2.33. The number of hydrogen-bond donors (Lipinski definition) is 2. The maximum Gasteiger partial charge on any atom is 0.193 e. The Hall–Kier alpha value is -0.510. The van der Waals surface area contributed by atoms with Crippen LogP contribution in [0.25, 0.3) is 0 Å². The number of piperidine rings is 1. The van der Waals surface area contributed by atoms with Crippen LogP contribution < -0.4 is 5.32 Å². The number of halogens is 1. The van der Waals surface area contributed by atoms with E-state index in [1.54, 1.807) is 6.07 Å². The van der Waals surface area contributed by atoms with E-state index in [2.05, 4.69) is 5.32 Å². The van der Waals surface area contributed by atoms with E-state index in [9.17, 15) is 5.11 Å². The van der Waals surface area contributed by atoms with Crippen LogP contribution in [0.2, 0.25) is 5.22 Å². The summed E-state index contributed by atoms with van der Waals surface area (Å²) in [6.45, 7) is 3.09. The normalized spacial score (nSPS) is 31.8. The minimum atomic E-state index is -0.192. The molecule has 2 N–H and O–H groups in total. The Balaban J connectivity index is 2.11. The summed E-state index contributed by atoms with van der Waals surface area (Å²) in [5, 5.41) is 13.1. The molecule has 2 unspecified atom stereocenters. The first kappa shape index (κ1) is 11.0. The number of aliphatic hydroxyl groups is 1. The highest BCUT2D eigenvalue weighted by Crippen LogP contribution is 2.34. The van der Waals surface area contributed by atoms with Crippen molar-refractivity contribution in [3.8, 4) is 0 Å². The lowest BCUT2D eigenvalue weighted by Gasteiger charge is -2.37. The van der Waals surface area contributed by atoms with E-state index >= 15 is 0 Å². The Morgan fingerprint density at radius 1 is 1.67 bits per heavy atom. The molecule has 2 heterocycles. The molecule has 84 valence electrons. The minimum absolute atomic E-state index is 0.151. The largest absolute Gasteiger partial charge is 0.449 e. The minimum Gasteiger partial charge on any atom is -0.449 e. The van der Waals surface area contributed by atoms with Gasteiger partial charge in [-0.3, -0.25) is 0 Å². The van der Waals surface area contributed by atoms with Crippen LogP contribution in [0.1, 0.15) is 31.4 Å². The molecule has 0 aliphatic carbocycles. The maximum atomic E-state index is 9.30. The second-order valence-electron chi connectivity index (χ2n) is 4.48. The summed E-state index contributed by atoms with van der Waals surface area (Å²) in [5.74, 6) is 1.29. The fourth-order valence-corrected chi connectivity index (χ4v) is 2.33. The van der Waals surface area contributed by atoms with Crippen molar-refractivity contribution in [3.63, 3.8) is 0 Å². The zero-order valence-corrected chi connectivity index (χ0v) is 9.55.